The first-order chi connectivity index (χ1) is 7.22. The van der Waals surface area contributed by atoms with Crippen LogP contribution in [0.2, 0.25) is 0 Å². The van der Waals surface area contributed by atoms with Crippen LogP contribution in [0.3, 0.4) is 0 Å². The van der Waals surface area contributed by atoms with Crippen LogP contribution in [0.5, 0.6) is 0 Å². The Kier molecular flexibility index (Phi) is 5.92. The second-order valence-corrected chi connectivity index (χ2v) is 4.75. The van der Waals surface area contributed by atoms with Gasteiger partial charge in [0.05, 0.1) is 6.10 Å². The zero-order valence-electron chi connectivity index (χ0n) is 10.1. The summed E-state index contributed by atoms with van der Waals surface area (Å²) in [4.78, 5) is 11.1. The van der Waals surface area contributed by atoms with E-state index in [1.54, 1.807) is 0 Å². The number of carbonyl (C=O) groups excluding carboxylic acids is 1. The molecule has 88 valence electrons. The molecule has 0 aromatic heterocycles. The van der Waals surface area contributed by atoms with Gasteiger partial charge in [-0.05, 0) is 38.0 Å². The lowest BCUT2D eigenvalue weighted by Gasteiger charge is -2.26. The third-order valence-electron chi connectivity index (χ3n) is 3.31. The lowest BCUT2D eigenvalue weighted by molar-refractivity contribution is -0.119. The maximum atomic E-state index is 11.1. The first-order valence-electron chi connectivity index (χ1n) is 6.35. The molecule has 0 aliphatic heterocycles. The number of hydrogen-bond acceptors (Lipinski definition) is 2. The number of ketones is 1. The minimum atomic E-state index is 0.357. The molecule has 1 saturated carbocycles. The minimum absolute atomic E-state index is 0.357. The third kappa shape index (κ3) is 5.31. The zero-order chi connectivity index (χ0) is 11.1. The number of Topliss-reactive ketones (excluding diaryl/α,β-unsaturated/α-hetero) is 1. The van der Waals surface area contributed by atoms with E-state index in [9.17, 15) is 4.79 Å². The highest BCUT2D eigenvalue weighted by Crippen LogP contribution is 2.25. The lowest BCUT2D eigenvalue weighted by Crippen LogP contribution is -2.21. The second-order valence-electron chi connectivity index (χ2n) is 4.75. The standard InChI is InChI=1S/C13H24O2/c1-3-12(14)5-4-10-15-13-8-6-11(2)7-9-13/h11,13H,3-10H2,1-2H3. The van der Waals surface area contributed by atoms with E-state index in [1.165, 1.54) is 25.7 Å². The largest absolute Gasteiger partial charge is 0.378 e. The smallest absolute Gasteiger partial charge is 0.132 e. The van der Waals surface area contributed by atoms with Gasteiger partial charge >= 0.3 is 0 Å². The van der Waals surface area contributed by atoms with Crippen LogP contribution >= 0.6 is 0 Å². The van der Waals surface area contributed by atoms with E-state index in [4.69, 9.17) is 4.74 Å². The molecule has 0 atom stereocenters. The first kappa shape index (κ1) is 12.7. The molecule has 0 unspecified atom stereocenters. The Morgan fingerprint density at radius 2 is 1.93 bits per heavy atom. The summed E-state index contributed by atoms with van der Waals surface area (Å²) in [5.41, 5.74) is 0. The van der Waals surface area contributed by atoms with Crippen molar-refractivity contribution in [1.82, 2.24) is 0 Å². The fourth-order valence-corrected chi connectivity index (χ4v) is 2.09. The SMILES string of the molecule is CCC(=O)CCCOC1CCC(C)CC1. The number of hydrogen-bond donors (Lipinski definition) is 0. The molecule has 1 rings (SSSR count). The van der Waals surface area contributed by atoms with Crippen LogP contribution in [0.1, 0.15) is 58.8 Å². The summed E-state index contributed by atoms with van der Waals surface area (Å²) in [7, 11) is 0. The maximum absolute atomic E-state index is 11.1. The van der Waals surface area contributed by atoms with Gasteiger partial charge in [-0.25, -0.2) is 0 Å². The van der Waals surface area contributed by atoms with Crippen LogP contribution in [-0.2, 0) is 9.53 Å². The summed E-state index contributed by atoms with van der Waals surface area (Å²) >= 11 is 0. The highest BCUT2D eigenvalue weighted by molar-refractivity contribution is 5.77. The highest BCUT2D eigenvalue weighted by Gasteiger charge is 2.18. The van der Waals surface area contributed by atoms with E-state index < -0.39 is 0 Å². The normalized spacial score (nSPS) is 26.5. The summed E-state index contributed by atoms with van der Waals surface area (Å²) in [6.07, 6.45) is 7.76. The van der Waals surface area contributed by atoms with Crippen LogP contribution in [0.25, 0.3) is 0 Å². The Balaban J connectivity index is 1.98. The van der Waals surface area contributed by atoms with Gasteiger partial charge in [0.2, 0.25) is 0 Å². The van der Waals surface area contributed by atoms with Gasteiger partial charge in [-0.2, -0.15) is 0 Å². The average Bonchev–Trinajstić information content (AvgIpc) is 2.26. The topological polar surface area (TPSA) is 26.3 Å². The second kappa shape index (κ2) is 7.00. The summed E-state index contributed by atoms with van der Waals surface area (Å²) in [6.45, 7) is 5.01. The van der Waals surface area contributed by atoms with Crippen molar-refractivity contribution in [2.45, 2.75) is 64.9 Å². The summed E-state index contributed by atoms with van der Waals surface area (Å²) < 4.78 is 5.77. The predicted octanol–water partition coefficient (Wildman–Crippen LogP) is 3.34. The minimum Gasteiger partial charge on any atom is -0.378 e. The van der Waals surface area contributed by atoms with E-state index in [1.807, 2.05) is 6.92 Å². The van der Waals surface area contributed by atoms with Gasteiger partial charge in [0.1, 0.15) is 5.78 Å². The molecule has 0 N–H and O–H groups in total. The molecule has 0 radical (unpaired) electrons. The Morgan fingerprint density at radius 1 is 1.27 bits per heavy atom. The molecule has 1 aliphatic carbocycles. The van der Waals surface area contributed by atoms with Crippen LogP contribution in [0.4, 0.5) is 0 Å². The van der Waals surface area contributed by atoms with Crippen molar-refractivity contribution in [2.75, 3.05) is 6.61 Å². The van der Waals surface area contributed by atoms with Gasteiger partial charge in [0.25, 0.3) is 0 Å². The van der Waals surface area contributed by atoms with E-state index in [-0.39, 0.29) is 0 Å². The van der Waals surface area contributed by atoms with E-state index in [0.717, 1.165) is 18.9 Å². The van der Waals surface area contributed by atoms with E-state index >= 15 is 0 Å². The lowest BCUT2D eigenvalue weighted by atomic mass is 9.89. The summed E-state index contributed by atoms with van der Waals surface area (Å²) in [5, 5.41) is 0. The average molecular weight is 212 g/mol. The van der Waals surface area contributed by atoms with Crippen LogP contribution < -0.4 is 0 Å². The zero-order valence-corrected chi connectivity index (χ0v) is 10.1. The number of ether oxygens (including phenoxy) is 1. The molecule has 1 fully saturated rings. The molecule has 0 aromatic carbocycles. The molecule has 0 heterocycles. The van der Waals surface area contributed by atoms with Gasteiger partial charge in [0, 0.05) is 19.4 Å². The fraction of sp³-hybridized carbons (Fsp3) is 0.923. The molecule has 1 aliphatic rings. The monoisotopic (exact) mass is 212 g/mol. The maximum Gasteiger partial charge on any atom is 0.132 e. The highest BCUT2D eigenvalue weighted by atomic mass is 16.5. The van der Waals surface area contributed by atoms with Gasteiger partial charge in [-0.15, -0.1) is 0 Å². The van der Waals surface area contributed by atoms with E-state index in [0.29, 0.717) is 24.7 Å². The molecule has 15 heavy (non-hydrogen) atoms. The van der Waals surface area contributed by atoms with Crippen LogP contribution in [-0.4, -0.2) is 18.5 Å². The van der Waals surface area contributed by atoms with Crippen LogP contribution in [0, 0.1) is 5.92 Å². The Labute approximate surface area is 93.4 Å². The summed E-state index contributed by atoms with van der Waals surface area (Å²) in [5.74, 6) is 1.24. The van der Waals surface area contributed by atoms with Crippen LogP contribution in [0.15, 0.2) is 0 Å². The molecule has 0 aromatic rings. The summed E-state index contributed by atoms with van der Waals surface area (Å²) in [6, 6.07) is 0. The number of carbonyl (C=O) groups is 1. The van der Waals surface area contributed by atoms with Crippen molar-refractivity contribution in [3.8, 4) is 0 Å². The quantitative estimate of drug-likeness (QED) is 0.631. The van der Waals surface area contributed by atoms with Crippen molar-refractivity contribution in [3.05, 3.63) is 0 Å². The van der Waals surface area contributed by atoms with Gasteiger partial charge in [0.15, 0.2) is 0 Å². The fourth-order valence-electron chi connectivity index (χ4n) is 2.09. The van der Waals surface area contributed by atoms with E-state index in [2.05, 4.69) is 6.92 Å². The van der Waals surface area contributed by atoms with Gasteiger partial charge in [-0.3, -0.25) is 4.79 Å². The van der Waals surface area contributed by atoms with Crippen molar-refractivity contribution < 1.29 is 9.53 Å². The predicted molar refractivity (Wildman–Crippen MR) is 61.9 cm³/mol. The Hall–Kier alpha value is -0.370. The Bertz CT molecular complexity index is 181. The number of rotatable bonds is 6. The molecule has 0 spiro atoms. The molecule has 2 nitrogen and oxygen atoms in total. The van der Waals surface area contributed by atoms with Crippen molar-refractivity contribution in [3.63, 3.8) is 0 Å². The molecule has 2 heteroatoms. The Morgan fingerprint density at radius 3 is 2.53 bits per heavy atom. The molecule has 0 amide bonds. The van der Waals surface area contributed by atoms with Gasteiger partial charge in [-0.1, -0.05) is 13.8 Å². The molecular formula is C13H24O2. The van der Waals surface area contributed by atoms with Crippen molar-refractivity contribution in [2.24, 2.45) is 5.92 Å². The third-order valence-corrected chi connectivity index (χ3v) is 3.31. The first-order valence-corrected chi connectivity index (χ1v) is 6.35. The van der Waals surface area contributed by atoms with Crippen molar-refractivity contribution >= 4 is 5.78 Å². The molecule has 0 bridgehead atoms. The van der Waals surface area contributed by atoms with Crippen molar-refractivity contribution in [1.29, 1.82) is 0 Å². The molecular weight excluding hydrogens is 188 g/mol. The van der Waals surface area contributed by atoms with Gasteiger partial charge < -0.3 is 4.74 Å². The molecule has 0 saturated heterocycles.